The smallest absolute Gasteiger partial charge is 0.411 e. The van der Waals surface area contributed by atoms with Crippen LogP contribution in [0.3, 0.4) is 0 Å². The second kappa shape index (κ2) is 12.6. The van der Waals surface area contributed by atoms with Gasteiger partial charge >= 0.3 is 12.2 Å². The number of nitrogens with zero attached hydrogens (tertiary/aromatic N) is 1. The molecule has 0 fully saturated rings. The summed E-state index contributed by atoms with van der Waals surface area (Å²) >= 11 is 0. The van der Waals surface area contributed by atoms with Crippen LogP contribution >= 0.6 is 0 Å². The summed E-state index contributed by atoms with van der Waals surface area (Å²) in [4.78, 5) is 28.0. The van der Waals surface area contributed by atoms with Crippen molar-refractivity contribution in [1.29, 1.82) is 0 Å². The highest BCUT2D eigenvalue weighted by Crippen LogP contribution is 2.26. The second-order valence-corrected chi connectivity index (χ2v) is 9.56. The first-order valence-corrected chi connectivity index (χ1v) is 12.7. The molecule has 0 saturated heterocycles. The van der Waals surface area contributed by atoms with Crippen LogP contribution < -0.4 is 20.1 Å². The SMILES string of the molecule is CNC(=O)NS(=O)(=O)c1cc(CCNC(=O)c2cnc3ccccc3c2)ccc1OCCOCC(F)(F)F. The molecule has 1 aromatic heterocycles. The van der Waals surface area contributed by atoms with E-state index in [-0.39, 0.29) is 31.2 Å². The molecule has 2 aromatic carbocycles. The molecule has 38 heavy (non-hydrogen) atoms. The number of hydrogen-bond donors (Lipinski definition) is 3. The van der Waals surface area contributed by atoms with Crippen LogP contribution in [-0.2, 0) is 21.2 Å². The van der Waals surface area contributed by atoms with Gasteiger partial charge in [0, 0.05) is 25.2 Å². The number of halogens is 3. The molecule has 14 heteroatoms. The van der Waals surface area contributed by atoms with E-state index in [1.807, 2.05) is 29.0 Å². The van der Waals surface area contributed by atoms with Crippen molar-refractivity contribution in [2.45, 2.75) is 17.5 Å². The third kappa shape index (κ3) is 8.31. The number of para-hydroxylation sites is 1. The quantitative estimate of drug-likeness (QED) is 0.310. The summed E-state index contributed by atoms with van der Waals surface area (Å²) in [6.45, 7) is -2.13. The number of sulfonamides is 1. The third-order valence-electron chi connectivity index (χ3n) is 5.05. The van der Waals surface area contributed by atoms with E-state index in [4.69, 9.17) is 4.74 Å². The molecule has 0 spiro atoms. The number of urea groups is 1. The van der Waals surface area contributed by atoms with Gasteiger partial charge in [-0.2, -0.15) is 13.2 Å². The zero-order valence-corrected chi connectivity index (χ0v) is 21.0. The molecule has 3 aromatic rings. The summed E-state index contributed by atoms with van der Waals surface area (Å²) < 4.78 is 73.8. The van der Waals surface area contributed by atoms with Gasteiger partial charge in [0.2, 0.25) is 0 Å². The van der Waals surface area contributed by atoms with Gasteiger partial charge in [0.25, 0.3) is 15.9 Å². The van der Waals surface area contributed by atoms with Crippen molar-refractivity contribution in [3.8, 4) is 5.75 Å². The van der Waals surface area contributed by atoms with Crippen LogP contribution in [0.5, 0.6) is 5.75 Å². The van der Waals surface area contributed by atoms with Crippen molar-refractivity contribution in [3.05, 3.63) is 65.9 Å². The van der Waals surface area contributed by atoms with Gasteiger partial charge in [-0.15, -0.1) is 0 Å². The first-order valence-electron chi connectivity index (χ1n) is 11.3. The highest BCUT2D eigenvalue weighted by molar-refractivity contribution is 7.90. The van der Waals surface area contributed by atoms with Gasteiger partial charge < -0.3 is 20.1 Å². The predicted molar refractivity (Wildman–Crippen MR) is 131 cm³/mol. The van der Waals surface area contributed by atoms with E-state index in [1.54, 1.807) is 6.07 Å². The van der Waals surface area contributed by atoms with Crippen LogP contribution in [0.2, 0.25) is 0 Å². The monoisotopic (exact) mass is 554 g/mol. The fraction of sp³-hybridized carbons (Fsp3) is 0.292. The van der Waals surface area contributed by atoms with Gasteiger partial charge in [0.1, 0.15) is 23.9 Å². The Labute approximate surface area is 216 Å². The number of carbonyl (C=O) groups is 2. The van der Waals surface area contributed by atoms with Gasteiger partial charge in [0.05, 0.1) is 17.7 Å². The van der Waals surface area contributed by atoms with Crippen LogP contribution in [0.1, 0.15) is 15.9 Å². The molecular weight excluding hydrogens is 529 g/mol. The number of fused-ring (bicyclic) bond motifs is 1. The van der Waals surface area contributed by atoms with Crippen molar-refractivity contribution < 1.29 is 40.7 Å². The number of hydrogen-bond acceptors (Lipinski definition) is 7. The molecule has 204 valence electrons. The van der Waals surface area contributed by atoms with Crippen molar-refractivity contribution in [3.63, 3.8) is 0 Å². The van der Waals surface area contributed by atoms with E-state index >= 15 is 0 Å². The van der Waals surface area contributed by atoms with Crippen LogP contribution in [-0.4, -0.2) is 64.9 Å². The van der Waals surface area contributed by atoms with Gasteiger partial charge in [0.15, 0.2) is 0 Å². The fourth-order valence-electron chi connectivity index (χ4n) is 3.28. The molecule has 0 aliphatic heterocycles. The minimum atomic E-state index is -4.51. The van der Waals surface area contributed by atoms with Crippen molar-refractivity contribution >= 4 is 32.9 Å². The number of rotatable bonds is 11. The second-order valence-electron chi connectivity index (χ2n) is 7.90. The molecule has 10 nitrogen and oxygen atoms in total. The maximum absolute atomic E-state index is 12.8. The Hall–Kier alpha value is -3.91. The molecule has 0 bridgehead atoms. The largest absolute Gasteiger partial charge is 0.490 e. The molecule has 0 aliphatic carbocycles. The third-order valence-corrected chi connectivity index (χ3v) is 6.41. The summed E-state index contributed by atoms with van der Waals surface area (Å²) in [5.74, 6) is -0.553. The molecular formula is C24H25F3N4O6S. The number of benzene rings is 2. The summed E-state index contributed by atoms with van der Waals surface area (Å²) in [6.07, 6.45) is -2.82. The van der Waals surface area contributed by atoms with E-state index in [1.165, 1.54) is 31.4 Å². The lowest BCUT2D eigenvalue weighted by molar-refractivity contribution is -0.175. The number of nitrogens with one attached hydrogen (secondary N) is 3. The van der Waals surface area contributed by atoms with E-state index < -0.39 is 40.3 Å². The van der Waals surface area contributed by atoms with Crippen LogP contribution in [0, 0.1) is 0 Å². The Balaban J connectivity index is 1.68. The van der Waals surface area contributed by atoms with E-state index in [0.29, 0.717) is 11.1 Å². The van der Waals surface area contributed by atoms with Crippen molar-refractivity contribution in [1.82, 2.24) is 20.3 Å². The van der Waals surface area contributed by atoms with E-state index in [9.17, 15) is 31.2 Å². The first-order chi connectivity index (χ1) is 18.0. The zero-order chi connectivity index (χ0) is 27.8. The minimum absolute atomic E-state index is 0.152. The number of carbonyl (C=O) groups excluding carboxylic acids is 2. The average molecular weight is 555 g/mol. The number of amides is 3. The number of ether oxygens (including phenoxy) is 2. The fourth-order valence-corrected chi connectivity index (χ4v) is 4.44. The number of pyridine rings is 1. The topological polar surface area (TPSA) is 136 Å². The summed E-state index contributed by atoms with van der Waals surface area (Å²) in [6, 6.07) is 12.1. The predicted octanol–water partition coefficient (Wildman–Crippen LogP) is 2.78. The summed E-state index contributed by atoms with van der Waals surface area (Å²) in [5.41, 5.74) is 1.59. The lowest BCUT2D eigenvalue weighted by Gasteiger charge is -2.15. The molecule has 0 saturated carbocycles. The normalized spacial score (nSPS) is 11.7. The van der Waals surface area contributed by atoms with Crippen molar-refractivity contribution in [2.75, 3.05) is 33.4 Å². The average Bonchev–Trinajstić information content (AvgIpc) is 2.87. The van der Waals surface area contributed by atoms with Crippen LogP contribution in [0.4, 0.5) is 18.0 Å². The van der Waals surface area contributed by atoms with Crippen molar-refractivity contribution in [2.24, 2.45) is 0 Å². The Morgan fingerprint density at radius 2 is 1.82 bits per heavy atom. The summed E-state index contributed by atoms with van der Waals surface area (Å²) in [5, 5.41) is 5.67. The Morgan fingerprint density at radius 1 is 1.05 bits per heavy atom. The van der Waals surface area contributed by atoms with Crippen LogP contribution in [0.15, 0.2) is 59.6 Å². The highest BCUT2D eigenvalue weighted by Gasteiger charge is 2.27. The summed E-state index contributed by atoms with van der Waals surface area (Å²) in [7, 11) is -3.17. The molecule has 0 unspecified atom stereocenters. The molecule has 3 amide bonds. The van der Waals surface area contributed by atoms with Gasteiger partial charge in [-0.3, -0.25) is 9.78 Å². The van der Waals surface area contributed by atoms with Gasteiger partial charge in [-0.25, -0.2) is 17.9 Å². The molecule has 3 N–H and O–H groups in total. The number of alkyl halides is 3. The molecule has 3 rings (SSSR count). The first kappa shape index (κ1) is 28.7. The Bertz CT molecular complexity index is 1400. The van der Waals surface area contributed by atoms with E-state index in [2.05, 4.69) is 20.4 Å². The molecule has 1 heterocycles. The Morgan fingerprint density at radius 3 is 2.55 bits per heavy atom. The maximum Gasteiger partial charge on any atom is 0.411 e. The molecule has 0 aliphatic rings. The number of aromatic nitrogens is 1. The minimum Gasteiger partial charge on any atom is -0.490 e. The molecule has 0 atom stereocenters. The standard InChI is InChI=1S/C24H25F3N4O6S/c1-28-23(33)31-38(34,35)21-12-16(6-7-20(21)37-11-10-36-15-24(25,26)27)8-9-29-22(32)18-13-17-4-2-3-5-19(17)30-14-18/h2-7,12-14H,8-11,15H2,1H3,(H,29,32)(H2,28,31,33). The highest BCUT2D eigenvalue weighted by atomic mass is 32.2. The molecule has 0 radical (unpaired) electrons. The van der Waals surface area contributed by atoms with Crippen LogP contribution in [0.25, 0.3) is 10.9 Å². The van der Waals surface area contributed by atoms with Gasteiger partial charge in [-0.05, 0) is 36.2 Å². The Kier molecular flexibility index (Phi) is 9.47. The lowest BCUT2D eigenvalue weighted by Crippen LogP contribution is -2.37. The zero-order valence-electron chi connectivity index (χ0n) is 20.2. The lowest BCUT2D eigenvalue weighted by atomic mass is 10.1. The van der Waals surface area contributed by atoms with Gasteiger partial charge in [-0.1, -0.05) is 24.3 Å². The van der Waals surface area contributed by atoms with E-state index in [0.717, 1.165) is 10.9 Å². The maximum atomic E-state index is 12.8.